The Kier molecular flexibility index (Phi) is 6.21. The molecule has 28 heavy (non-hydrogen) atoms. The van der Waals surface area contributed by atoms with Crippen molar-refractivity contribution in [1.29, 1.82) is 0 Å². The SMILES string of the molecule is COC(=O)c1ccc(N=C2S/C(=C/c3ccc(OC)c(Br)c3)C(=O)N2C)cc1. The molecule has 0 saturated carbocycles. The predicted octanol–water partition coefficient (Wildman–Crippen LogP) is 4.48. The van der Waals surface area contributed by atoms with E-state index in [2.05, 4.69) is 25.7 Å². The summed E-state index contributed by atoms with van der Waals surface area (Å²) in [7, 11) is 4.62. The third kappa shape index (κ3) is 4.28. The molecule has 1 saturated heterocycles. The lowest BCUT2D eigenvalue weighted by Crippen LogP contribution is -2.23. The number of methoxy groups -OCH3 is 2. The zero-order valence-electron chi connectivity index (χ0n) is 15.4. The van der Waals surface area contributed by atoms with E-state index in [0.717, 1.165) is 15.8 Å². The highest BCUT2D eigenvalue weighted by molar-refractivity contribution is 9.10. The van der Waals surface area contributed by atoms with Gasteiger partial charge in [-0.2, -0.15) is 0 Å². The number of ether oxygens (including phenoxy) is 2. The van der Waals surface area contributed by atoms with Crippen LogP contribution in [0.4, 0.5) is 5.69 Å². The van der Waals surface area contributed by atoms with E-state index in [1.165, 1.54) is 23.8 Å². The molecule has 0 aromatic heterocycles. The molecule has 0 N–H and O–H groups in total. The molecule has 0 radical (unpaired) electrons. The van der Waals surface area contributed by atoms with Gasteiger partial charge >= 0.3 is 5.97 Å². The van der Waals surface area contributed by atoms with E-state index in [4.69, 9.17) is 4.74 Å². The standard InChI is InChI=1S/C20H17BrN2O4S/c1-23-18(24)17(11-12-4-9-16(26-2)15(21)10-12)28-20(23)22-14-7-5-13(6-8-14)19(25)27-3/h4-11H,1-3H3/b17-11+,22-20?. The molecule has 1 heterocycles. The third-order valence-electron chi connectivity index (χ3n) is 3.99. The maximum atomic E-state index is 12.6. The van der Waals surface area contributed by atoms with Crippen molar-refractivity contribution >= 4 is 56.5 Å². The van der Waals surface area contributed by atoms with Gasteiger partial charge in [0.1, 0.15) is 5.75 Å². The minimum Gasteiger partial charge on any atom is -0.496 e. The number of hydrogen-bond donors (Lipinski definition) is 0. The van der Waals surface area contributed by atoms with E-state index >= 15 is 0 Å². The fourth-order valence-electron chi connectivity index (χ4n) is 2.48. The number of likely N-dealkylation sites (N-methyl/N-ethyl adjacent to an activating group) is 1. The largest absolute Gasteiger partial charge is 0.496 e. The van der Waals surface area contributed by atoms with E-state index in [1.807, 2.05) is 24.3 Å². The molecule has 0 unspecified atom stereocenters. The maximum Gasteiger partial charge on any atom is 0.337 e. The molecule has 1 aliphatic rings. The Morgan fingerprint density at radius 2 is 1.89 bits per heavy atom. The summed E-state index contributed by atoms with van der Waals surface area (Å²) in [5.74, 6) is 0.196. The first-order valence-corrected chi connectivity index (χ1v) is 9.82. The molecule has 0 spiro atoms. The lowest BCUT2D eigenvalue weighted by atomic mass is 10.2. The molecule has 2 aromatic carbocycles. The number of rotatable bonds is 4. The van der Waals surface area contributed by atoms with Crippen molar-refractivity contribution in [2.75, 3.05) is 21.3 Å². The average Bonchev–Trinajstić information content (AvgIpc) is 2.96. The summed E-state index contributed by atoms with van der Waals surface area (Å²) in [6.45, 7) is 0. The van der Waals surface area contributed by atoms with Crippen LogP contribution in [0, 0.1) is 0 Å². The molecule has 2 aromatic rings. The molecule has 6 nitrogen and oxygen atoms in total. The fraction of sp³-hybridized carbons (Fsp3) is 0.150. The highest BCUT2D eigenvalue weighted by Crippen LogP contribution is 2.34. The van der Waals surface area contributed by atoms with Crippen LogP contribution in [0.5, 0.6) is 5.75 Å². The van der Waals surface area contributed by atoms with Gasteiger partial charge in [0.25, 0.3) is 5.91 Å². The Morgan fingerprint density at radius 3 is 2.50 bits per heavy atom. The number of carbonyl (C=O) groups excluding carboxylic acids is 2. The summed E-state index contributed by atoms with van der Waals surface area (Å²) in [5.41, 5.74) is 1.96. The quantitative estimate of drug-likeness (QED) is 0.496. The number of amides is 1. The maximum absolute atomic E-state index is 12.6. The van der Waals surface area contributed by atoms with Crippen LogP contribution in [0.15, 0.2) is 56.8 Å². The van der Waals surface area contributed by atoms with Crippen LogP contribution < -0.4 is 4.74 Å². The van der Waals surface area contributed by atoms with Crippen molar-refractivity contribution in [2.45, 2.75) is 0 Å². The van der Waals surface area contributed by atoms with Crippen molar-refractivity contribution in [2.24, 2.45) is 4.99 Å². The Bertz CT molecular complexity index is 986. The first kappa shape index (κ1) is 20.2. The minimum absolute atomic E-state index is 0.123. The number of halogens is 1. The first-order chi connectivity index (χ1) is 13.4. The van der Waals surface area contributed by atoms with E-state index in [-0.39, 0.29) is 5.91 Å². The zero-order chi connectivity index (χ0) is 20.3. The lowest BCUT2D eigenvalue weighted by Gasteiger charge is -2.07. The van der Waals surface area contributed by atoms with Gasteiger partial charge in [-0.15, -0.1) is 0 Å². The Hall–Kier alpha value is -2.58. The molecule has 0 aliphatic carbocycles. The van der Waals surface area contributed by atoms with E-state index in [1.54, 1.807) is 38.4 Å². The van der Waals surface area contributed by atoms with Crippen molar-refractivity contribution in [3.05, 3.63) is 63.0 Å². The molecule has 3 rings (SSSR count). The molecule has 0 bridgehead atoms. The Balaban J connectivity index is 1.83. The number of carbonyl (C=O) groups is 2. The van der Waals surface area contributed by atoms with Gasteiger partial charge in [0.15, 0.2) is 5.17 Å². The zero-order valence-corrected chi connectivity index (χ0v) is 17.8. The van der Waals surface area contributed by atoms with Gasteiger partial charge in [0, 0.05) is 7.05 Å². The van der Waals surface area contributed by atoms with Gasteiger partial charge in [0.05, 0.1) is 34.8 Å². The number of esters is 1. The third-order valence-corrected chi connectivity index (χ3v) is 5.67. The van der Waals surface area contributed by atoms with Crippen molar-refractivity contribution < 1.29 is 19.1 Å². The van der Waals surface area contributed by atoms with E-state index in [9.17, 15) is 9.59 Å². The van der Waals surface area contributed by atoms with E-state index < -0.39 is 5.97 Å². The van der Waals surface area contributed by atoms with Gasteiger partial charge in [0.2, 0.25) is 0 Å². The number of benzene rings is 2. The molecule has 1 fully saturated rings. The summed E-state index contributed by atoms with van der Waals surface area (Å²) in [6.07, 6.45) is 1.82. The van der Waals surface area contributed by atoms with Gasteiger partial charge in [-0.1, -0.05) is 6.07 Å². The van der Waals surface area contributed by atoms with E-state index in [0.29, 0.717) is 21.3 Å². The molecular formula is C20H17BrN2O4S. The highest BCUT2D eigenvalue weighted by atomic mass is 79.9. The fourth-order valence-corrected chi connectivity index (χ4v) is 4.02. The molecule has 0 atom stereocenters. The average molecular weight is 461 g/mol. The smallest absolute Gasteiger partial charge is 0.337 e. The normalized spacial score (nSPS) is 16.7. The first-order valence-electron chi connectivity index (χ1n) is 8.21. The highest BCUT2D eigenvalue weighted by Gasteiger charge is 2.30. The Morgan fingerprint density at radius 1 is 1.18 bits per heavy atom. The molecule has 1 amide bonds. The monoisotopic (exact) mass is 460 g/mol. The second kappa shape index (κ2) is 8.62. The van der Waals surface area contributed by atoms with Crippen LogP contribution >= 0.6 is 27.7 Å². The van der Waals surface area contributed by atoms with Crippen LogP contribution in [0.3, 0.4) is 0 Å². The summed E-state index contributed by atoms with van der Waals surface area (Å²) in [5, 5.41) is 0.564. The molecule has 8 heteroatoms. The van der Waals surface area contributed by atoms with Crippen molar-refractivity contribution in [3.8, 4) is 5.75 Å². The topological polar surface area (TPSA) is 68.2 Å². The number of thioether (sulfide) groups is 1. The summed E-state index contributed by atoms with van der Waals surface area (Å²) >= 11 is 4.74. The van der Waals surface area contributed by atoms with Crippen molar-refractivity contribution in [1.82, 2.24) is 4.90 Å². The molecular weight excluding hydrogens is 444 g/mol. The number of amidine groups is 1. The molecule has 144 valence electrons. The minimum atomic E-state index is -0.405. The Labute approximate surface area is 175 Å². The number of hydrogen-bond acceptors (Lipinski definition) is 6. The van der Waals surface area contributed by atoms with Crippen molar-refractivity contribution in [3.63, 3.8) is 0 Å². The van der Waals surface area contributed by atoms with Gasteiger partial charge in [-0.3, -0.25) is 9.69 Å². The van der Waals surface area contributed by atoms with Crippen LogP contribution in [0.25, 0.3) is 6.08 Å². The van der Waals surface area contributed by atoms with Crippen LogP contribution in [-0.4, -0.2) is 43.2 Å². The van der Waals surface area contributed by atoms with Crippen LogP contribution in [0.2, 0.25) is 0 Å². The predicted molar refractivity (Wildman–Crippen MR) is 114 cm³/mol. The summed E-state index contributed by atoms with van der Waals surface area (Å²) in [4.78, 5) is 30.7. The summed E-state index contributed by atoms with van der Waals surface area (Å²) < 4.78 is 10.7. The second-order valence-electron chi connectivity index (χ2n) is 5.80. The van der Waals surface area contributed by atoms with Crippen LogP contribution in [-0.2, 0) is 9.53 Å². The summed E-state index contributed by atoms with van der Waals surface area (Å²) in [6, 6.07) is 12.3. The van der Waals surface area contributed by atoms with Crippen LogP contribution in [0.1, 0.15) is 15.9 Å². The van der Waals surface area contributed by atoms with Gasteiger partial charge in [-0.25, -0.2) is 9.79 Å². The number of nitrogens with zero attached hydrogens (tertiary/aromatic N) is 2. The number of aliphatic imine (C=N–C) groups is 1. The lowest BCUT2D eigenvalue weighted by molar-refractivity contribution is -0.121. The van der Waals surface area contributed by atoms with Gasteiger partial charge in [-0.05, 0) is 75.7 Å². The second-order valence-corrected chi connectivity index (χ2v) is 7.67. The molecule has 1 aliphatic heterocycles. The van der Waals surface area contributed by atoms with Gasteiger partial charge < -0.3 is 9.47 Å².